The third-order valence-corrected chi connectivity index (χ3v) is 6.41. The lowest BCUT2D eigenvalue weighted by atomic mass is 10.0. The molecule has 1 saturated heterocycles. The molecule has 0 spiro atoms. The molecule has 1 fully saturated rings. The van der Waals surface area contributed by atoms with Crippen molar-refractivity contribution >= 4 is 11.0 Å². The number of ether oxygens (including phenoxy) is 2. The minimum Gasteiger partial charge on any atom is -0.490 e. The zero-order valence-electron chi connectivity index (χ0n) is 17.6. The maximum Gasteiger partial charge on any atom is 0.336 e. The second kappa shape index (κ2) is 7.80. The van der Waals surface area contributed by atoms with Gasteiger partial charge in [-0.15, -0.1) is 0 Å². The van der Waals surface area contributed by atoms with E-state index in [0.29, 0.717) is 24.8 Å². The van der Waals surface area contributed by atoms with Crippen LogP contribution in [0.15, 0.2) is 45.6 Å². The minimum atomic E-state index is -0.280. The summed E-state index contributed by atoms with van der Waals surface area (Å²) in [6.45, 7) is 7.18. The molecule has 5 heteroatoms. The Morgan fingerprint density at radius 2 is 1.83 bits per heavy atom. The second-order valence-corrected chi connectivity index (χ2v) is 8.36. The van der Waals surface area contributed by atoms with Gasteiger partial charge in [-0.25, -0.2) is 4.79 Å². The lowest BCUT2D eigenvalue weighted by Crippen LogP contribution is -2.23. The van der Waals surface area contributed by atoms with Gasteiger partial charge in [0.25, 0.3) is 0 Å². The van der Waals surface area contributed by atoms with E-state index in [9.17, 15) is 4.79 Å². The molecule has 5 nitrogen and oxygen atoms in total. The van der Waals surface area contributed by atoms with Gasteiger partial charge in [0, 0.05) is 30.5 Å². The highest BCUT2D eigenvalue weighted by molar-refractivity contribution is 5.83. The summed E-state index contributed by atoms with van der Waals surface area (Å²) in [7, 11) is 0. The summed E-state index contributed by atoms with van der Waals surface area (Å²) >= 11 is 0. The molecule has 0 saturated carbocycles. The number of nitrogens with zero attached hydrogens (tertiary/aromatic N) is 1. The standard InChI is InChI=1S/C25H27NO4/c1-16-6-8-20-19(14-24(27)30-25(20)17(16)2)15-26-10-3-5-21(26)18-7-9-22-23(13-18)29-12-4-11-28-22/h6-9,13-14,21H,3-5,10-12,15H2,1-2H3/t21-/m0/s1. The fourth-order valence-corrected chi connectivity index (χ4v) is 4.65. The third-order valence-electron chi connectivity index (χ3n) is 6.41. The molecular formula is C25H27NO4. The van der Waals surface area contributed by atoms with Crippen LogP contribution in [0.4, 0.5) is 0 Å². The van der Waals surface area contributed by atoms with Crippen LogP contribution >= 0.6 is 0 Å². The van der Waals surface area contributed by atoms with Crippen molar-refractivity contribution in [3.05, 3.63) is 69.1 Å². The molecule has 1 aromatic heterocycles. The molecule has 0 aliphatic carbocycles. The summed E-state index contributed by atoms with van der Waals surface area (Å²) < 4.78 is 17.2. The average Bonchev–Trinajstić information content (AvgIpc) is 3.06. The van der Waals surface area contributed by atoms with E-state index in [1.165, 1.54) is 5.56 Å². The molecule has 2 aromatic carbocycles. The molecule has 30 heavy (non-hydrogen) atoms. The van der Waals surface area contributed by atoms with E-state index in [4.69, 9.17) is 13.9 Å². The van der Waals surface area contributed by atoms with E-state index in [0.717, 1.165) is 65.9 Å². The molecule has 3 heterocycles. The molecule has 2 aliphatic rings. The number of fused-ring (bicyclic) bond motifs is 2. The van der Waals surface area contributed by atoms with Crippen molar-refractivity contribution in [3.8, 4) is 11.5 Å². The SMILES string of the molecule is Cc1ccc2c(CN3CCC[C@H]3c3ccc4c(c3)OCCCO4)cc(=O)oc2c1C. The van der Waals surface area contributed by atoms with Crippen LogP contribution in [0.3, 0.4) is 0 Å². The molecule has 0 N–H and O–H groups in total. The summed E-state index contributed by atoms with van der Waals surface area (Å²) in [6, 6.07) is 12.5. The minimum absolute atomic E-state index is 0.280. The molecule has 156 valence electrons. The van der Waals surface area contributed by atoms with E-state index in [2.05, 4.69) is 29.2 Å². The number of hydrogen-bond donors (Lipinski definition) is 0. The van der Waals surface area contributed by atoms with Crippen LogP contribution in [-0.4, -0.2) is 24.7 Å². The van der Waals surface area contributed by atoms with E-state index < -0.39 is 0 Å². The first-order chi connectivity index (χ1) is 14.6. The predicted octanol–water partition coefficient (Wildman–Crippen LogP) is 4.91. The molecular weight excluding hydrogens is 378 g/mol. The van der Waals surface area contributed by atoms with Crippen molar-refractivity contribution in [2.45, 2.75) is 45.7 Å². The smallest absolute Gasteiger partial charge is 0.336 e. The fourth-order valence-electron chi connectivity index (χ4n) is 4.65. The highest BCUT2D eigenvalue weighted by Crippen LogP contribution is 2.39. The molecule has 1 atom stereocenters. The maximum atomic E-state index is 12.3. The second-order valence-electron chi connectivity index (χ2n) is 8.36. The van der Waals surface area contributed by atoms with E-state index in [-0.39, 0.29) is 5.63 Å². The van der Waals surface area contributed by atoms with Crippen molar-refractivity contribution in [1.82, 2.24) is 4.90 Å². The van der Waals surface area contributed by atoms with Gasteiger partial charge in [-0.2, -0.15) is 0 Å². The largest absolute Gasteiger partial charge is 0.490 e. The molecule has 0 amide bonds. The average molecular weight is 405 g/mol. The van der Waals surface area contributed by atoms with Crippen LogP contribution in [0, 0.1) is 13.8 Å². The number of aryl methyl sites for hydroxylation is 2. The van der Waals surface area contributed by atoms with Crippen LogP contribution in [0.5, 0.6) is 11.5 Å². The van der Waals surface area contributed by atoms with E-state index >= 15 is 0 Å². The maximum absolute atomic E-state index is 12.3. The summed E-state index contributed by atoms with van der Waals surface area (Å²) in [5, 5.41) is 1.03. The fraction of sp³-hybridized carbons (Fsp3) is 0.400. The van der Waals surface area contributed by atoms with Gasteiger partial charge >= 0.3 is 5.63 Å². The van der Waals surface area contributed by atoms with Crippen molar-refractivity contribution < 1.29 is 13.9 Å². The summed E-state index contributed by atoms with van der Waals surface area (Å²) in [5.41, 5.74) is 4.88. The zero-order chi connectivity index (χ0) is 20.7. The first kappa shape index (κ1) is 19.2. The highest BCUT2D eigenvalue weighted by Gasteiger charge is 2.28. The van der Waals surface area contributed by atoms with Gasteiger partial charge in [-0.3, -0.25) is 4.90 Å². The lowest BCUT2D eigenvalue weighted by molar-refractivity contribution is 0.248. The Morgan fingerprint density at radius 3 is 2.70 bits per heavy atom. The first-order valence-electron chi connectivity index (χ1n) is 10.8. The van der Waals surface area contributed by atoms with Gasteiger partial charge < -0.3 is 13.9 Å². The van der Waals surface area contributed by atoms with Gasteiger partial charge in [0.1, 0.15) is 5.58 Å². The van der Waals surface area contributed by atoms with Gasteiger partial charge in [0.15, 0.2) is 11.5 Å². The van der Waals surface area contributed by atoms with E-state index in [1.54, 1.807) is 6.07 Å². The first-order valence-corrected chi connectivity index (χ1v) is 10.8. The Hall–Kier alpha value is -2.79. The Kier molecular flexibility index (Phi) is 4.99. The van der Waals surface area contributed by atoms with Gasteiger partial charge in [-0.1, -0.05) is 18.2 Å². The summed E-state index contributed by atoms with van der Waals surface area (Å²) in [5.74, 6) is 1.67. The summed E-state index contributed by atoms with van der Waals surface area (Å²) in [4.78, 5) is 14.7. The van der Waals surface area contributed by atoms with Crippen molar-refractivity contribution in [2.24, 2.45) is 0 Å². The Labute approximate surface area is 176 Å². The monoisotopic (exact) mass is 405 g/mol. The normalized spacial score (nSPS) is 19.2. The molecule has 2 aliphatic heterocycles. The predicted molar refractivity (Wildman–Crippen MR) is 116 cm³/mol. The third kappa shape index (κ3) is 3.47. The number of likely N-dealkylation sites (tertiary alicyclic amines) is 1. The topological polar surface area (TPSA) is 51.9 Å². The van der Waals surface area contributed by atoms with Crippen LogP contribution in [0.2, 0.25) is 0 Å². The number of benzene rings is 2. The lowest BCUT2D eigenvalue weighted by Gasteiger charge is -2.26. The van der Waals surface area contributed by atoms with Crippen LogP contribution in [0.25, 0.3) is 11.0 Å². The van der Waals surface area contributed by atoms with Gasteiger partial charge in [0.2, 0.25) is 0 Å². The zero-order valence-corrected chi connectivity index (χ0v) is 17.6. The molecule has 5 rings (SSSR count). The van der Waals surface area contributed by atoms with Crippen LogP contribution in [-0.2, 0) is 6.54 Å². The molecule has 3 aromatic rings. The van der Waals surface area contributed by atoms with E-state index in [1.807, 2.05) is 19.9 Å². The van der Waals surface area contributed by atoms with Gasteiger partial charge in [0.05, 0.1) is 13.2 Å². The Balaban J connectivity index is 1.48. The highest BCUT2D eigenvalue weighted by atomic mass is 16.5. The Morgan fingerprint density at radius 1 is 1.00 bits per heavy atom. The van der Waals surface area contributed by atoms with Crippen molar-refractivity contribution in [3.63, 3.8) is 0 Å². The van der Waals surface area contributed by atoms with Gasteiger partial charge in [-0.05, 0) is 67.6 Å². The Bertz CT molecular complexity index is 1150. The quantitative estimate of drug-likeness (QED) is 0.580. The van der Waals surface area contributed by atoms with Crippen LogP contribution in [0.1, 0.15) is 47.6 Å². The molecule has 0 radical (unpaired) electrons. The number of hydrogen-bond acceptors (Lipinski definition) is 5. The van der Waals surface area contributed by atoms with Crippen molar-refractivity contribution in [1.29, 1.82) is 0 Å². The molecule has 0 unspecified atom stereocenters. The number of rotatable bonds is 3. The van der Waals surface area contributed by atoms with Crippen molar-refractivity contribution in [2.75, 3.05) is 19.8 Å². The summed E-state index contributed by atoms with van der Waals surface area (Å²) in [6.07, 6.45) is 3.13. The van der Waals surface area contributed by atoms with Crippen LogP contribution < -0.4 is 15.1 Å². The molecule has 0 bridgehead atoms.